The number of alkyl halides is 1. The molecule has 1 aromatic carbocycles. The van der Waals surface area contributed by atoms with Crippen molar-refractivity contribution in [3.8, 4) is 0 Å². The van der Waals surface area contributed by atoms with E-state index in [0.717, 1.165) is 18.2 Å². The zero-order valence-electron chi connectivity index (χ0n) is 10.3. The van der Waals surface area contributed by atoms with Gasteiger partial charge in [0.2, 0.25) is 5.91 Å². The lowest BCUT2D eigenvalue weighted by Crippen LogP contribution is -2.17. The molecule has 0 spiro atoms. The Bertz CT molecular complexity index is 404. The Morgan fingerprint density at radius 2 is 1.83 bits per heavy atom. The summed E-state index contributed by atoms with van der Waals surface area (Å²) >= 11 is 3.33. The summed E-state index contributed by atoms with van der Waals surface area (Å²) < 4.78 is 0. The molecule has 0 heterocycles. The van der Waals surface area contributed by atoms with Crippen molar-refractivity contribution >= 4 is 33.4 Å². The van der Waals surface area contributed by atoms with Gasteiger partial charge < -0.3 is 10.6 Å². The van der Waals surface area contributed by atoms with Gasteiger partial charge in [-0.2, -0.15) is 0 Å². The van der Waals surface area contributed by atoms with Crippen LogP contribution >= 0.6 is 15.9 Å². The van der Waals surface area contributed by atoms with Gasteiger partial charge in [0, 0.05) is 30.0 Å². The number of hydrogen-bond donors (Lipinski definition) is 2. The van der Waals surface area contributed by atoms with Gasteiger partial charge in [0.25, 0.3) is 5.91 Å². The lowest BCUT2D eigenvalue weighted by atomic mass is 10.2. The van der Waals surface area contributed by atoms with Gasteiger partial charge in [-0.25, -0.2) is 0 Å². The fourth-order valence-electron chi connectivity index (χ4n) is 1.45. The summed E-state index contributed by atoms with van der Waals surface area (Å²) in [6.07, 6.45) is 2.37. The number of amides is 2. The molecule has 1 aromatic rings. The van der Waals surface area contributed by atoms with Crippen molar-refractivity contribution in [1.29, 1.82) is 0 Å². The number of nitrogens with one attached hydrogen (secondary N) is 2. The molecule has 0 aliphatic carbocycles. The summed E-state index contributed by atoms with van der Waals surface area (Å²) in [4.78, 5) is 22.9. The van der Waals surface area contributed by atoms with Crippen LogP contribution in [0.25, 0.3) is 0 Å². The number of unbranched alkanes of at least 4 members (excludes halogenated alkanes) is 1. The van der Waals surface area contributed by atoms with Crippen molar-refractivity contribution in [2.45, 2.75) is 19.3 Å². The van der Waals surface area contributed by atoms with Crippen molar-refractivity contribution in [3.63, 3.8) is 0 Å². The fourth-order valence-corrected chi connectivity index (χ4v) is 1.85. The van der Waals surface area contributed by atoms with E-state index < -0.39 is 0 Å². The van der Waals surface area contributed by atoms with Gasteiger partial charge >= 0.3 is 0 Å². The standard InChI is InChI=1S/C13H17BrN2O2/c1-15-13(18)10-5-7-11(8-6-10)16-12(17)4-2-3-9-14/h5-8H,2-4,9H2,1H3,(H,15,18)(H,16,17). The third-order valence-electron chi connectivity index (χ3n) is 2.45. The molecule has 0 atom stereocenters. The molecule has 0 unspecified atom stereocenters. The maximum Gasteiger partial charge on any atom is 0.251 e. The van der Waals surface area contributed by atoms with Gasteiger partial charge in [0.05, 0.1) is 0 Å². The molecule has 1 rings (SSSR count). The Morgan fingerprint density at radius 3 is 2.39 bits per heavy atom. The first-order valence-electron chi connectivity index (χ1n) is 5.85. The topological polar surface area (TPSA) is 58.2 Å². The quantitative estimate of drug-likeness (QED) is 0.626. The van der Waals surface area contributed by atoms with E-state index in [-0.39, 0.29) is 11.8 Å². The summed E-state index contributed by atoms with van der Waals surface area (Å²) in [6.45, 7) is 0. The summed E-state index contributed by atoms with van der Waals surface area (Å²) in [5, 5.41) is 6.26. The van der Waals surface area contributed by atoms with Crippen molar-refractivity contribution in [2.75, 3.05) is 17.7 Å². The van der Waals surface area contributed by atoms with Crippen molar-refractivity contribution in [1.82, 2.24) is 5.32 Å². The molecule has 2 amide bonds. The Balaban J connectivity index is 2.48. The van der Waals surface area contributed by atoms with E-state index >= 15 is 0 Å². The molecule has 0 fully saturated rings. The molecule has 4 nitrogen and oxygen atoms in total. The largest absolute Gasteiger partial charge is 0.355 e. The van der Waals surface area contributed by atoms with Crippen LogP contribution in [-0.4, -0.2) is 24.2 Å². The first-order valence-corrected chi connectivity index (χ1v) is 6.97. The van der Waals surface area contributed by atoms with Crippen LogP contribution in [0, 0.1) is 0 Å². The van der Waals surface area contributed by atoms with Crippen LogP contribution in [0.2, 0.25) is 0 Å². The molecule has 0 radical (unpaired) electrons. The molecule has 0 aromatic heterocycles. The molecule has 0 saturated heterocycles. The molecule has 0 aliphatic heterocycles. The minimum Gasteiger partial charge on any atom is -0.355 e. The average Bonchev–Trinajstić information content (AvgIpc) is 2.39. The van der Waals surface area contributed by atoms with Crippen LogP contribution in [0.3, 0.4) is 0 Å². The second-order valence-electron chi connectivity index (χ2n) is 3.85. The molecule has 5 heteroatoms. The second-order valence-corrected chi connectivity index (χ2v) is 4.64. The number of anilines is 1. The summed E-state index contributed by atoms with van der Waals surface area (Å²) in [7, 11) is 1.59. The van der Waals surface area contributed by atoms with Crippen LogP contribution in [0.5, 0.6) is 0 Å². The van der Waals surface area contributed by atoms with Crippen LogP contribution in [0.15, 0.2) is 24.3 Å². The molecule has 2 N–H and O–H groups in total. The minimum absolute atomic E-state index is 0.00337. The highest BCUT2D eigenvalue weighted by molar-refractivity contribution is 9.09. The Labute approximate surface area is 115 Å². The van der Waals surface area contributed by atoms with E-state index in [4.69, 9.17) is 0 Å². The van der Waals surface area contributed by atoms with E-state index in [9.17, 15) is 9.59 Å². The van der Waals surface area contributed by atoms with Crippen LogP contribution in [0.4, 0.5) is 5.69 Å². The number of hydrogen-bond acceptors (Lipinski definition) is 2. The number of halogens is 1. The van der Waals surface area contributed by atoms with Gasteiger partial charge in [-0.1, -0.05) is 15.9 Å². The second kappa shape index (κ2) is 7.87. The summed E-state index contributed by atoms with van der Waals surface area (Å²) in [6, 6.07) is 6.83. The van der Waals surface area contributed by atoms with Gasteiger partial charge in [-0.15, -0.1) is 0 Å². The lowest BCUT2D eigenvalue weighted by Gasteiger charge is -2.06. The third-order valence-corrected chi connectivity index (χ3v) is 3.01. The molecular formula is C13H17BrN2O2. The minimum atomic E-state index is -0.134. The lowest BCUT2D eigenvalue weighted by molar-refractivity contribution is -0.116. The van der Waals surface area contributed by atoms with Crippen molar-refractivity contribution in [2.24, 2.45) is 0 Å². The highest BCUT2D eigenvalue weighted by Crippen LogP contribution is 2.10. The highest BCUT2D eigenvalue weighted by Gasteiger charge is 2.04. The Morgan fingerprint density at radius 1 is 1.17 bits per heavy atom. The monoisotopic (exact) mass is 312 g/mol. The van der Waals surface area contributed by atoms with Crippen LogP contribution in [0.1, 0.15) is 29.6 Å². The third kappa shape index (κ3) is 4.87. The summed E-state index contributed by atoms with van der Waals surface area (Å²) in [5.74, 6) is -0.131. The van der Waals surface area contributed by atoms with E-state index in [2.05, 4.69) is 26.6 Å². The first-order chi connectivity index (χ1) is 8.67. The van der Waals surface area contributed by atoms with E-state index in [1.165, 1.54) is 0 Å². The van der Waals surface area contributed by atoms with Gasteiger partial charge in [-0.3, -0.25) is 9.59 Å². The number of rotatable bonds is 6. The van der Waals surface area contributed by atoms with Gasteiger partial charge in [-0.05, 0) is 37.1 Å². The maximum atomic E-state index is 11.6. The van der Waals surface area contributed by atoms with Crippen molar-refractivity contribution in [3.05, 3.63) is 29.8 Å². The van der Waals surface area contributed by atoms with Crippen LogP contribution in [-0.2, 0) is 4.79 Å². The SMILES string of the molecule is CNC(=O)c1ccc(NC(=O)CCCCBr)cc1. The Kier molecular flexibility index (Phi) is 6.43. The predicted molar refractivity (Wildman–Crippen MR) is 76.1 cm³/mol. The molecule has 98 valence electrons. The van der Waals surface area contributed by atoms with Gasteiger partial charge in [0.1, 0.15) is 0 Å². The smallest absolute Gasteiger partial charge is 0.251 e. The zero-order valence-corrected chi connectivity index (χ0v) is 11.9. The maximum absolute atomic E-state index is 11.6. The number of benzene rings is 1. The molecule has 0 aliphatic rings. The van der Waals surface area contributed by atoms with E-state index in [1.54, 1.807) is 31.3 Å². The molecule has 0 saturated carbocycles. The number of carbonyl (C=O) groups is 2. The molecule has 18 heavy (non-hydrogen) atoms. The predicted octanol–water partition coefficient (Wildman–Crippen LogP) is 2.55. The highest BCUT2D eigenvalue weighted by atomic mass is 79.9. The van der Waals surface area contributed by atoms with E-state index in [1.807, 2.05) is 0 Å². The van der Waals surface area contributed by atoms with E-state index in [0.29, 0.717) is 17.7 Å². The normalized spacial score (nSPS) is 9.89. The molecular weight excluding hydrogens is 296 g/mol. The zero-order chi connectivity index (χ0) is 13.4. The van der Waals surface area contributed by atoms with Gasteiger partial charge in [0.15, 0.2) is 0 Å². The van der Waals surface area contributed by atoms with Crippen LogP contribution < -0.4 is 10.6 Å². The summed E-state index contributed by atoms with van der Waals surface area (Å²) in [5.41, 5.74) is 1.29. The number of carbonyl (C=O) groups excluding carboxylic acids is 2. The Hall–Kier alpha value is -1.36. The average molecular weight is 313 g/mol. The first kappa shape index (κ1) is 14.7. The van der Waals surface area contributed by atoms with Crippen molar-refractivity contribution < 1.29 is 9.59 Å². The molecule has 0 bridgehead atoms. The fraction of sp³-hybridized carbons (Fsp3) is 0.385.